The molecule has 26 heavy (non-hydrogen) atoms. The molecule has 1 aliphatic rings. The minimum atomic E-state index is 0.359. The summed E-state index contributed by atoms with van der Waals surface area (Å²) in [5, 5.41) is 3.50. The fourth-order valence-electron chi connectivity index (χ4n) is 3.15. The number of nitrogens with zero attached hydrogens (tertiary/aromatic N) is 3. The Labute approximate surface area is 158 Å². The van der Waals surface area contributed by atoms with Gasteiger partial charge in [-0.25, -0.2) is 0 Å². The van der Waals surface area contributed by atoms with Gasteiger partial charge in [0.2, 0.25) is 0 Å². The summed E-state index contributed by atoms with van der Waals surface area (Å²) in [5.74, 6) is 0.970. The third-order valence-electron chi connectivity index (χ3n) is 4.68. The Morgan fingerprint density at radius 3 is 2.69 bits per heavy atom. The predicted octanol–water partition coefficient (Wildman–Crippen LogP) is 2.35. The number of guanidine groups is 1. The SMILES string of the molecule is CN=C(NCc1cccc(N(C)C)c1)N1CCC(OCCCOC)CC1. The van der Waals surface area contributed by atoms with Gasteiger partial charge < -0.3 is 24.6 Å². The molecule has 1 aromatic carbocycles. The molecule has 0 aromatic heterocycles. The molecule has 0 saturated carbocycles. The normalized spacial score (nSPS) is 16.0. The van der Waals surface area contributed by atoms with Gasteiger partial charge in [-0.15, -0.1) is 0 Å². The van der Waals surface area contributed by atoms with Crippen LogP contribution in [0.3, 0.4) is 0 Å². The third kappa shape index (κ3) is 6.50. The summed E-state index contributed by atoms with van der Waals surface area (Å²) >= 11 is 0. The molecular formula is C20H34N4O2. The van der Waals surface area contributed by atoms with Crippen LogP contribution in [0.25, 0.3) is 0 Å². The van der Waals surface area contributed by atoms with Crippen molar-refractivity contribution in [2.45, 2.75) is 31.9 Å². The van der Waals surface area contributed by atoms with Crippen molar-refractivity contribution in [3.8, 4) is 0 Å². The van der Waals surface area contributed by atoms with Crippen molar-refractivity contribution < 1.29 is 9.47 Å². The summed E-state index contributed by atoms with van der Waals surface area (Å²) in [7, 11) is 7.71. The second-order valence-electron chi connectivity index (χ2n) is 6.87. The maximum atomic E-state index is 5.94. The molecule has 0 unspecified atom stereocenters. The van der Waals surface area contributed by atoms with Gasteiger partial charge in [0, 0.05) is 66.8 Å². The van der Waals surface area contributed by atoms with Crippen molar-refractivity contribution >= 4 is 11.6 Å². The molecule has 146 valence electrons. The molecule has 1 heterocycles. The van der Waals surface area contributed by atoms with Crippen LogP contribution in [-0.2, 0) is 16.0 Å². The van der Waals surface area contributed by atoms with E-state index >= 15 is 0 Å². The van der Waals surface area contributed by atoms with E-state index in [9.17, 15) is 0 Å². The quantitative estimate of drug-likeness (QED) is 0.437. The smallest absolute Gasteiger partial charge is 0.193 e. The average Bonchev–Trinajstić information content (AvgIpc) is 2.67. The van der Waals surface area contributed by atoms with Crippen molar-refractivity contribution in [2.24, 2.45) is 4.99 Å². The van der Waals surface area contributed by atoms with E-state index in [1.165, 1.54) is 11.3 Å². The standard InChI is InChI=1S/C20H34N4O2/c1-21-20(22-16-17-7-5-8-18(15-17)23(2)3)24-11-9-19(10-12-24)26-14-6-13-25-4/h5,7-8,15,19H,6,9-14,16H2,1-4H3,(H,21,22). The van der Waals surface area contributed by atoms with E-state index in [0.717, 1.165) is 58.1 Å². The molecule has 0 aliphatic carbocycles. The van der Waals surface area contributed by atoms with E-state index < -0.39 is 0 Å². The molecule has 1 aliphatic heterocycles. The minimum absolute atomic E-state index is 0.359. The lowest BCUT2D eigenvalue weighted by Crippen LogP contribution is -2.46. The van der Waals surface area contributed by atoms with Crippen LogP contribution in [0, 0.1) is 0 Å². The number of methoxy groups -OCH3 is 1. The van der Waals surface area contributed by atoms with E-state index in [0.29, 0.717) is 6.10 Å². The number of aliphatic imine (C=N–C) groups is 1. The Morgan fingerprint density at radius 2 is 2.04 bits per heavy atom. The van der Waals surface area contributed by atoms with Gasteiger partial charge in [-0.05, 0) is 37.0 Å². The van der Waals surface area contributed by atoms with E-state index in [2.05, 4.69) is 58.5 Å². The molecule has 2 rings (SSSR count). The van der Waals surface area contributed by atoms with Gasteiger partial charge in [0.05, 0.1) is 6.10 Å². The zero-order chi connectivity index (χ0) is 18.8. The van der Waals surface area contributed by atoms with Crippen LogP contribution in [0.4, 0.5) is 5.69 Å². The van der Waals surface area contributed by atoms with Crippen molar-refractivity contribution in [3.05, 3.63) is 29.8 Å². The van der Waals surface area contributed by atoms with Gasteiger partial charge in [0.1, 0.15) is 0 Å². The summed E-state index contributed by atoms with van der Waals surface area (Å²) < 4.78 is 11.0. The number of benzene rings is 1. The highest BCUT2D eigenvalue weighted by Crippen LogP contribution is 2.15. The molecule has 0 bridgehead atoms. The van der Waals surface area contributed by atoms with Gasteiger partial charge in [0.15, 0.2) is 5.96 Å². The molecule has 1 N–H and O–H groups in total. The number of anilines is 1. The van der Waals surface area contributed by atoms with Crippen LogP contribution < -0.4 is 10.2 Å². The Morgan fingerprint density at radius 1 is 1.27 bits per heavy atom. The molecule has 1 aromatic rings. The first-order valence-corrected chi connectivity index (χ1v) is 9.46. The van der Waals surface area contributed by atoms with Crippen molar-refractivity contribution in [1.82, 2.24) is 10.2 Å². The van der Waals surface area contributed by atoms with E-state index in [1.807, 2.05) is 7.05 Å². The van der Waals surface area contributed by atoms with Crippen LogP contribution in [0.2, 0.25) is 0 Å². The number of likely N-dealkylation sites (tertiary alicyclic amines) is 1. The Hall–Kier alpha value is -1.79. The number of hydrogen-bond acceptors (Lipinski definition) is 4. The largest absolute Gasteiger partial charge is 0.385 e. The molecule has 0 atom stereocenters. The lowest BCUT2D eigenvalue weighted by molar-refractivity contribution is 0.00989. The topological polar surface area (TPSA) is 49.3 Å². The van der Waals surface area contributed by atoms with Gasteiger partial charge in [-0.3, -0.25) is 4.99 Å². The highest BCUT2D eigenvalue weighted by molar-refractivity contribution is 5.80. The van der Waals surface area contributed by atoms with Crippen LogP contribution >= 0.6 is 0 Å². The Bertz CT molecular complexity index is 554. The lowest BCUT2D eigenvalue weighted by atomic mass is 10.1. The maximum Gasteiger partial charge on any atom is 0.193 e. The van der Waals surface area contributed by atoms with Gasteiger partial charge in [0.25, 0.3) is 0 Å². The first-order chi connectivity index (χ1) is 12.6. The molecule has 0 spiro atoms. The number of ether oxygens (including phenoxy) is 2. The monoisotopic (exact) mass is 362 g/mol. The number of piperidine rings is 1. The second kappa shape index (κ2) is 11.0. The van der Waals surface area contributed by atoms with Gasteiger partial charge in [-0.1, -0.05) is 12.1 Å². The third-order valence-corrected chi connectivity index (χ3v) is 4.68. The molecule has 6 heteroatoms. The lowest BCUT2D eigenvalue weighted by Gasteiger charge is -2.34. The van der Waals surface area contributed by atoms with Crippen LogP contribution in [-0.4, -0.2) is 71.5 Å². The Kier molecular flexibility index (Phi) is 8.71. The fourth-order valence-corrected chi connectivity index (χ4v) is 3.15. The van der Waals surface area contributed by atoms with Gasteiger partial charge >= 0.3 is 0 Å². The van der Waals surface area contributed by atoms with Crippen molar-refractivity contribution in [1.29, 1.82) is 0 Å². The summed E-state index contributed by atoms with van der Waals surface area (Å²) in [5.41, 5.74) is 2.47. The van der Waals surface area contributed by atoms with Crippen molar-refractivity contribution in [2.75, 3.05) is 59.5 Å². The van der Waals surface area contributed by atoms with E-state index in [-0.39, 0.29) is 0 Å². The van der Waals surface area contributed by atoms with Crippen molar-refractivity contribution in [3.63, 3.8) is 0 Å². The minimum Gasteiger partial charge on any atom is -0.385 e. The fraction of sp³-hybridized carbons (Fsp3) is 0.650. The second-order valence-corrected chi connectivity index (χ2v) is 6.87. The zero-order valence-electron chi connectivity index (χ0n) is 16.7. The van der Waals surface area contributed by atoms with E-state index in [4.69, 9.17) is 9.47 Å². The first-order valence-electron chi connectivity index (χ1n) is 9.46. The van der Waals surface area contributed by atoms with Crippen LogP contribution in [0.15, 0.2) is 29.3 Å². The molecule has 0 amide bonds. The summed E-state index contributed by atoms with van der Waals surface area (Å²) in [6, 6.07) is 8.57. The summed E-state index contributed by atoms with van der Waals surface area (Å²) in [6.45, 7) is 4.29. The van der Waals surface area contributed by atoms with Crippen LogP contribution in [0.1, 0.15) is 24.8 Å². The molecule has 6 nitrogen and oxygen atoms in total. The average molecular weight is 363 g/mol. The number of nitrogens with one attached hydrogen (secondary N) is 1. The highest BCUT2D eigenvalue weighted by Gasteiger charge is 2.21. The molecule has 0 radical (unpaired) electrons. The summed E-state index contributed by atoms with van der Waals surface area (Å²) in [6.07, 6.45) is 3.41. The molecular weight excluding hydrogens is 328 g/mol. The summed E-state index contributed by atoms with van der Waals surface area (Å²) in [4.78, 5) is 8.90. The van der Waals surface area contributed by atoms with Crippen LogP contribution in [0.5, 0.6) is 0 Å². The maximum absolute atomic E-state index is 5.94. The molecule has 1 fully saturated rings. The highest BCUT2D eigenvalue weighted by atomic mass is 16.5. The number of rotatable bonds is 8. The van der Waals surface area contributed by atoms with E-state index in [1.54, 1.807) is 7.11 Å². The predicted molar refractivity (Wildman–Crippen MR) is 108 cm³/mol. The Balaban J connectivity index is 1.77. The zero-order valence-corrected chi connectivity index (χ0v) is 16.7. The van der Waals surface area contributed by atoms with Gasteiger partial charge in [-0.2, -0.15) is 0 Å². The number of hydrogen-bond donors (Lipinski definition) is 1. The first kappa shape index (κ1) is 20.5. The molecule has 1 saturated heterocycles.